The quantitative estimate of drug-likeness (QED) is 0.837. The summed E-state index contributed by atoms with van der Waals surface area (Å²) in [6, 6.07) is 6.86. The fourth-order valence-corrected chi connectivity index (χ4v) is 3.09. The van der Waals surface area contributed by atoms with Crippen molar-refractivity contribution in [3.63, 3.8) is 0 Å². The summed E-state index contributed by atoms with van der Waals surface area (Å²) in [6.45, 7) is 4.08. The van der Waals surface area contributed by atoms with Crippen LogP contribution >= 0.6 is 0 Å². The Morgan fingerprint density at radius 2 is 2.08 bits per heavy atom. The Morgan fingerprint density at radius 1 is 1.35 bits per heavy atom. The van der Waals surface area contributed by atoms with Crippen molar-refractivity contribution in [2.45, 2.75) is 45.5 Å². The van der Waals surface area contributed by atoms with Gasteiger partial charge in [-0.15, -0.1) is 0 Å². The number of alkyl halides is 3. The summed E-state index contributed by atoms with van der Waals surface area (Å²) >= 11 is 0. The van der Waals surface area contributed by atoms with E-state index in [0.29, 0.717) is 11.3 Å². The summed E-state index contributed by atoms with van der Waals surface area (Å²) < 4.78 is 37.9. The first-order valence-corrected chi connectivity index (χ1v) is 8.70. The number of nitrogens with zero attached hydrogens (tertiary/aromatic N) is 1. The lowest BCUT2D eigenvalue weighted by Gasteiger charge is -2.27. The summed E-state index contributed by atoms with van der Waals surface area (Å²) in [4.78, 5) is 24.5. The monoisotopic (exact) mass is 371 g/mol. The van der Waals surface area contributed by atoms with Gasteiger partial charge < -0.3 is 15.5 Å². The van der Waals surface area contributed by atoms with Gasteiger partial charge in [0.15, 0.2) is 0 Å². The number of nitrogens with one attached hydrogen (secondary N) is 2. The first-order chi connectivity index (χ1) is 12.2. The fourth-order valence-electron chi connectivity index (χ4n) is 3.09. The summed E-state index contributed by atoms with van der Waals surface area (Å²) in [6.07, 6.45) is -3.40. The van der Waals surface area contributed by atoms with Crippen LogP contribution in [0.15, 0.2) is 24.3 Å². The number of rotatable bonds is 5. The molecule has 2 rings (SSSR count). The molecule has 8 heteroatoms. The van der Waals surface area contributed by atoms with E-state index in [1.165, 1.54) is 6.92 Å². The zero-order valence-corrected chi connectivity index (χ0v) is 14.9. The van der Waals surface area contributed by atoms with Crippen LogP contribution in [0.4, 0.5) is 18.9 Å². The molecule has 0 saturated carbocycles. The smallest absolute Gasteiger partial charge is 0.331 e. The minimum atomic E-state index is -4.90. The van der Waals surface area contributed by atoms with E-state index < -0.39 is 12.1 Å². The molecule has 1 aliphatic rings. The average Bonchev–Trinajstić information content (AvgIpc) is 2.58. The van der Waals surface area contributed by atoms with E-state index in [1.54, 1.807) is 24.3 Å². The number of amides is 2. The molecule has 1 fully saturated rings. The Bertz CT molecular complexity index is 649. The Balaban J connectivity index is 2.03. The van der Waals surface area contributed by atoms with Crippen molar-refractivity contribution >= 4 is 17.5 Å². The van der Waals surface area contributed by atoms with Crippen LogP contribution in [-0.2, 0) is 16.1 Å². The second kappa shape index (κ2) is 8.53. The van der Waals surface area contributed by atoms with E-state index >= 15 is 0 Å². The van der Waals surface area contributed by atoms with E-state index in [2.05, 4.69) is 10.6 Å². The van der Waals surface area contributed by atoms with Crippen molar-refractivity contribution < 1.29 is 22.8 Å². The van der Waals surface area contributed by atoms with Gasteiger partial charge in [-0.05, 0) is 50.9 Å². The van der Waals surface area contributed by atoms with Gasteiger partial charge in [-0.3, -0.25) is 9.59 Å². The molecule has 0 radical (unpaired) electrons. The summed E-state index contributed by atoms with van der Waals surface area (Å²) in [7, 11) is 0. The van der Waals surface area contributed by atoms with Crippen LogP contribution in [-0.4, -0.2) is 42.0 Å². The minimum Gasteiger partial charge on any atom is -0.331 e. The van der Waals surface area contributed by atoms with Gasteiger partial charge in [0.05, 0.1) is 0 Å². The Labute approximate surface area is 150 Å². The number of hydrogen-bond donors (Lipinski definition) is 2. The number of anilines is 1. The number of carbonyl (C=O) groups excluding carboxylic acids is 2. The molecule has 0 unspecified atom stereocenters. The molecule has 26 heavy (non-hydrogen) atoms. The van der Waals surface area contributed by atoms with Crippen LogP contribution in [0.2, 0.25) is 0 Å². The molecule has 5 nitrogen and oxygen atoms in total. The highest BCUT2D eigenvalue weighted by atomic mass is 19.4. The first kappa shape index (κ1) is 20.2. The van der Waals surface area contributed by atoms with Crippen LogP contribution in [0.25, 0.3) is 0 Å². The standard InChI is InChI=1S/C18H24F3N3O2/c1-3-24(17(26)18(19,20)21)11-13-5-4-6-15(10-13)23-16(25)14-7-8-22-12(2)9-14/h4-6,10,12,14,22H,3,7-9,11H2,1-2H3,(H,23,25)/t12-,14-/m0/s1. The van der Waals surface area contributed by atoms with Crippen LogP contribution < -0.4 is 10.6 Å². The normalized spacial score (nSPS) is 20.5. The lowest BCUT2D eigenvalue weighted by Crippen LogP contribution is -2.40. The summed E-state index contributed by atoms with van der Waals surface area (Å²) in [5, 5.41) is 6.11. The number of benzene rings is 1. The molecule has 2 amide bonds. The van der Waals surface area contributed by atoms with Gasteiger partial charge in [-0.25, -0.2) is 0 Å². The van der Waals surface area contributed by atoms with E-state index in [9.17, 15) is 22.8 Å². The zero-order valence-electron chi connectivity index (χ0n) is 14.9. The van der Waals surface area contributed by atoms with Gasteiger partial charge in [-0.1, -0.05) is 12.1 Å². The third-order valence-electron chi connectivity index (χ3n) is 4.47. The highest BCUT2D eigenvalue weighted by Crippen LogP contribution is 2.22. The summed E-state index contributed by atoms with van der Waals surface area (Å²) in [5.74, 6) is -2.04. The minimum absolute atomic E-state index is 0.0537. The molecule has 1 heterocycles. The maximum absolute atomic E-state index is 12.6. The number of halogens is 3. The predicted molar refractivity (Wildman–Crippen MR) is 92.4 cm³/mol. The highest BCUT2D eigenvalue weighted by molar-refractivity contribution is 5.92. The van der Waals surface area contributed by atoms with Gasteiger partial charge in [0.1, 0.15) is 0 Å². The predicted octanol–water partition coefficient (Wildman–Crippen LogP) is 2.92. The van der Waals surface area contributed by atoms with E-state index in [4.69, 9.17) is 0 Å². The molecule has 1 aliphatic heterocycles. The second-order valence-electron chi connectivity index (χ2n) is 6.58. The zero-order chi connectivity index (χ0) is 19.3. The molecule has 0 spiro atoms. The van der Waals surface area contributed by atoms with Gasteiger partial charge in [-0.2, -0.15) is 13.2 Å². The molecule has 0 aliphatic carbocycles. The van der Waals surface area contributed by atoms with Crippen molar-refractivity contribution in [3.8, 4) is 0 Å². The fraction of sp³-hybridized carbons (Fsp3) is 0.556. The maximum Gasteiger partial charge on any atom is 0.471 e. The van der Waals surface area contributed by atoms with Gasteiger partial charge in [0, 0.05) is 30.7 Å². The number of piperidine rings is 1. The van der Waals surface area contributed by atoms with E-state index in [0.717, 1.165) is 24.3 Å². The van der Waals surface area contributed by atoms with Crippen molar-refractivity contribution in [2.24, 2.45) is 5.92 Å². The molecule has 1 aromatic rings. The third kappa shape index (κ3) is 5.45. The van der Waals surface area contributed by atoms with Crippen LogP contribution in [0.5, 0.6) is 0 Å². The second-order valence-corrected chi connectivity index (χ2v) is 6.58. The Morgan fingerprint density at radius 3 is 2.69 bits per heavy atom. The number of hydrogen-bond acceptors (Lipinski definition) is 3. The van der Waals surface area contributed by atoms with Crippen LogP contribution in [0, 0.1) is 5.92 Å². The van der Waals surface area contributed by atoms with Crippen molar-refractivity contribution in [3.05, 3.63) is 29.8 Å². The molecule has 0 bridgehead atoms. The molecular formula is C18H24F3N3O2. The van der Waals surface area contributed by atoms with Crippen molar-refractivity contribution in [1.82, 2.24) is 10.2 Å². The maximum atomic E-state index is 12.6. The van der Waals surface area contributed by atoms with Crippen LogP contribution in [0.3, 0.4) is 0 Å². The molecule has 1 aromatic carbocycles. The molecule has 2 atom stereocenters. The first-order valence-electron chi connectivity index (χ1n) is 8.70. The van der Waals surface area contributed by atoms with Gasteiger partial charge in [0.25, 0.3) is 0 Å². The molecule has 144 valence electrons. The lowest BCUT2D eigenvalue weighted by molar-refractivity contribution is -0.185. The lowest BCUT2D eigenvalue weighted by atomic mass is 9.92. The summed E-state index contributed by atoms with van der Waals surface area (Å²) in [5.41, 5.74) is 1.05. The molecule has 1 saturated heterocycles. The Hall–Kier alpha value is -2.09. The van der Waals surface area contributed by atoms with Gasteiger partial charge in [0.2, 0.25) is 5.91 Å². The Kier molecular flexibility index (Phi) is 6.63. The van der Waals surface area contributed by atoms with Crippen LogP contribution in [0.1, 0.15) is 32.3 Å². The molecule has 2 N–H and O–H groups in total. The van der Waals surface area contributed by atoms with E-state index in [-0.39, 0.29) is 31.0 Å². The average molecular weight is 371 g/mol. The molecular weight excluding hydrogens is 347 g/mol. The van der Waals surface area contributed by atoms with E-state index in [1.807, 2.05) is 6.92 Å². The topological polar surface area (TPSA) is 61.4 Å². The SMILES string of the molecule is CCN(Cc1cccc(NC(=O)[C@H]2CCN[C@@H](C)C2)c1)C(=O)C(F)(F)F. The van der Waals surface area contributed by atoms with Gasteiger partial charge >= 0.3 is 12.1 Å². The largest absolute Gasteiger partial charge is 0.471 e. The molecule has 0 aromatic heterocycles. The highest BCUT2D eigenvalue weighted by Gasteiger charge is 2.41. The van der Waals surface area contributed by atoms with Crippen molar-refractivity contribution in [1.29, 1.82) is 0 Å². The number of carbonyl (C=O) groups is 2. The third-order valence-corrected chi connectivity index (χ3v) is 4.47. The van der Waals surface area contributed by atoms with Crippen molar-refractivity contribution in [2.75, 3.05) is 18.4 Å².